The van der Waals surface area contributed by atoms with Crippen LogP contribution in [-0.4, -0.2) is 37.9 Å². The summed E-state index contributed by atoms with van der Waals surface area (Å²) in [6.45, 7) is 2.02. The van der Waals surface area contributed by atoms with E-state index in [1.807, 2.05) is 6.92 Å². The van der Waals surface area contributed by atoms with E-state index in [4.69, 9.17) is 5.73 Å². The molecule has 0 radical (unpaired) electrons. The van der Waals surface area contributed by atoms with Crippen LogP contribution >= 0.6 is 0 Å². The molecular weight excluding hydrogens is 216 g/mol. The molecule has 3 N–H and O–H groups in total. The second kappa shape index (κ2) is 4.94. The summed E-state index contributed by atoms with van der Waals surface area (Å²) in [6, 6.07) is -0.533. The molecule has 0 aromatic rings. The second-order valence-electron chi connectivity index (χ2n) is 3.89. The lowest BCUT2D eigenvalue weighted by molar-refractivity contribution is -0.122. The van der Waals surface area contributed by atoms with Crippen molar-refractivity contribution >= 4 is 15.7 Å². The largest absolute Gasteiger partial charge is 0.353 e. The highest BCUT2D eigenvalue weighted by Gasteiger charge is 2.31. The normalized spacial score (nSPS) is 26.1. The van der Waals surface area contributed by atoms with Crippen molar-refractivity contribution in [2.24, 2.45) is 5.73 Å². The van der Waals surface area contributed by atoms with E-state index in [2.05, 4.69) is 5.32 Å². The summed E-state index contributed by atoms with van der Waals surface area (Å²) in [7, 11) is -2.97. The van der Waals surface area contributed by atoms with Crippen LogP contribution in [0.2, 0.25) is 0 Å². The summed E-state index contributed by atoms with van der Waals surface area (Å²) in [5, 5.41) is 2.18. The standard InChI is InChI=1S/C9H18N2O3S/c1-2-8(10)9(12)11-6-7-4-3-5-15(7,13)14/h7-8H,2-6,10H2,1H3,(H,11,12)/t7?,8-/m0/s1. The number of carbonyl (C=O) groups is 1. The Bertz CT molecular complexity index is 326. The van der Waals surface area contributed by atoms with Crippen molar-refractivity contribution in [3.05, 3.63) is 0 Å². The molecule has 0 bridgehead atoms. The molecular formula is C9H18N2O3S. The van der Waals surface area contributed by atoms with Crippen molar-refractivity contribution in [3.8, 4) is 0 Å². The smallest absolute Gasteiger partial charge is 0.236 e. The molecule has 1 amide bonds. The lowest BCUT2D eigenvalue weighted by Crippen LogP contribution is -2.43. The van der Waals surface area contributed by atoms with Gasteiger partial charge in [-0.05, 0) is 19.3 Å². The van der Waals surface area contributed by atoms with Gasteiger partial charge in [-0.25, -0.2) is 8.42 Å². The highest BCUT2D eigenvalue weighted by Crippen LogP contribution is 2.18. The number of nitrogens with one attached hydrogen (secondary N) is 1. The minimum absolute atomic E-state index is 0.203. The quantitative estimate of drug-likeness (QED) is 0.681. The highest BCUT2D eigenvalue weighted by molar-refractivity contribution is 7.92. The zero-order valence-corrected chi connectivity index (χ0v) is 9.72. The minimum Gasteiger partial charge on any atom is -0.353 e. The fourth-order valence-corrected chi connectivity index (χ4v) is 3.38. The Kier molecular flexibility index (Phi) is 4.10. The van der Waals surface area contributed by atoms with Gasteiger partial charge in [-0.1, -0.05) is 6.92 Å². The Morgan fingerprint density at radius 3 is 2.73 bits per heavy atom. The summed E-state index contributed by atoms with van der Waals surface area (Å²) in [6.07, 6.45) is 1.90. The summed E-state index contributed by atoms with van der Waals surface area (Å²) >= 11 is 0. The summed E-state index contributed by atoms with van der Waals surface area (Å²) < 4.78 is 22.9. The van der Waals surface area contributed by atoms with Crippen LogP contribution < -0.4 is 11.1 Å². The topological polar surface area (TPSA) is 89.3 Å². The van der Waals surface area contributed by atoms with Gasteiger partial charge in [0.15, 0.2) is 9.84 Å². The number of sulfone groups is 1. The van der Waals surface area contributed by atoms with E-state index in [0.717, 1.165) is 0 Å². The molecule has 5 nitrogen and oxygen atoms in total. The molecule has 88 valence electrons. The third-order valence-corrected chi connectivity index (χ3v) is 5.02. The van der Waals surface area contributed by atoms with Gasteiger partial charge in [0, 0.05) is 6.54 Å². The van der Waals surface area contributed by atoms with Gasteiger partial charge in [0.25, 0.3) is 0 Å². The van der Waals surface area contributed by atoms with Crippen molar-refractivity contribution in [1.82, 2.24) is 5.32 Å². The summed E-state index contributed by atoms with van der Waals surface area (Å²) in [5.74, 6) is -0.0208. The van der Waals surface area contributed by atoms with Crippen molar-refractivity contribution in [2.45, 2.75) is 37.5 Å². The molecule has 0 spiro atoms. The fraction of sp³-hybridized carbons (Fsp3) is 0.889. The zero-order chi connectivity index (χ0) is 11.5. The molecule has 15 heavy (non-hydrogen) atoms. The molecule has 1 rings (SSSR count). The Labute approximate surface area is 90.3 Å². The van der Waals surface area contributed by atoms with Gasteiger partial charge in [0.2, 0.25) is 5.91 Å². The van der Waals surface area contributed by atoms with E-state index in [9.17, 15) is 13.2 Å². The van der Waals surface area contributed by atoms with E-state index in [1.54, 1.807) is 0 Å². The van der Waals surface area contributed by atoms with Crippen LogP contribution in [0.1, 0.15) is 26.2 Å². The van der Waals surface area contributed by atoms with Gasteiger partial charge in [0.1, 0.15) is 0 Å². The number of hydrogen-bond acceptors (Lipinski definition) is 4. The second-order valence-corrected chi connectivity index (χ2v) is 6.29. The van der Waals surface area contributed by atoms with Crippen LogP contribution in [0.25, 0.3) is 0 Å². The van der Waals surface area contributed by atoms with E-state index < -0.39 is 21.1 Å². The molecule has 0 aliphatic carbocycles. The first-order valence-electron chi connectivity index (χ1n) is 5.22. The highest BCUT2D eigenvalue weighted by atomic mass is 32.2. The fourth-order valence-electron chi connectivity index (χ4n) is 1.62. The van der Waals surface area contributed by atoms with Gasteiger partial charge < -0.3 is 11.1 Å². The van der Waals surface area contributed by atoms with Crippen LogP contribution in [0.4, 0.5) is 0 Å². The molecule has 1 aliphatic heterocycles. The average molecular weight is 234 g/mol. The minimum atomic E-state index is -2.97. The van der Waals surface area contributed by atoms with Crippen LogP contribution in [0.5, 0.6) is 0 Å². The molecule has 6 heteroatoms. The Hall–Kier alpha value is -0.620. The molecule has 0 aromatic carbocycles. The van der Waals surface area contributed by atoms with E-state index >= 15 is 0 Å². The van der Waals surface area contributed by atoms with Gasteiger partial charge >= 0.3 is 0 Å². The molecule has 1 unspecified atom stereocenters. The maximum absolute atomic E-state index is 11.4. The molecule has 1 fully saturated rings. The number of hydrogen-bond donors (Lipinski definition) is 2. The van der Waals surface area contributed by atoms with Crippen molar-refractivity contribution in [1.29, 1.82) is 0 Å². The molecule has 1 aliphatic rings. The maximum atomic E-state index is 11.4. The first kappa shape index (κ1) is 12.4. The van der Waals surface area contributed by atoms with Gasteiger partial charge in [-0.2, -0.15) is 0 Å². The number of nitrogens with two attached hydrogens (primary N) is 1. The van der Waals surface area contributed by atoms with Crippen LogP contribution in [0.3, 0.4) is 0 Å². The number of carbonyl (C=O) groups excluding carboxylic acids is 1. The lowest BCUT2D eigenvalue weighted by atomic mass is 10.2. The van der Waals surface area contributed by atoms with Gasteiger partial charge in [-0.15, -0.1) is 0 Å². The Morgan fingerprint density at radius 2 is 2.27 bits per heavy atom. The number of rotatable bonds is 4. The lowest BCUT2D eigenvalue weighted by Gasteiger charge is -2.13. The monoisotopic (exact) mass is 234 g/mol. The molecule has 0 saturated carbocycles. The van der Waals surface area contributed by atoms with Crippen LogP contribution in [0, 0.1) is 0 Å². The number of amides is 1. The molecule has 1 saturated heterocycles. The molecule has 1 heterocycles. The first-order valence-corrected chi connectivity index (χ1v) is 6.93. The van der Waals surface area contributed by atoms with Crippen molar-refractivity contribution in [3.63, 3.8) is 0 Å². The predicted octanol–water partition coefficient (Wildman–Crippen LogP) is -0.583. The van der Waals surface area contributed by atoms with Crippen molar-refractivity contribution in [2.75, 3.05) is 12.3 Å². The summed E-state index contributed by atoms with van der Waals surface area (Å²) in [5.41, 5.74) is 5.51. The van der Waals surface area contributed by atoms with E-state index in [-0.39, 0.29) is 18.2 Å². The predicted molar refractivity (Wildman–Crippen MR) is 58.1 cm³/mol. The summed E-state index contributed by atoms with van der Waals surface area (Å²) in [4.78, 5) is 11.3. The van der Waals surface area contributed by atoms with Crippen LogP contribution in [-0.2, 0) is 14.6 Å². The van der Waals surface area contributed by atoms with Gasteiger partial charge in [-0.3, -0.25) is 4.79 Å². The Balaban J connectivity index is 2.41. The SMILES string of the molecule is CC[C@H](N)C(=O)NCC1CCCS1(=O)=O. The Morgan fingerprint density at radius 1 is 1.60 bits per heavy atom. The third-order valence-electron chi connectivity index (χ3n) is 2.74. The zero-order valence-electron chi connectivity index (χ0n) is 8.90. The van der Waals surface area contributed by atoms with E-state index in [1.165, 1.54) is 0 Å². The first-order chi connectivity index (χ1) is 6.97. The maximum Gasteiger partial charge on any atom is 0.236 e. The van der Waals surface area contributed by atoms with Crippen molar-refractivity contribution < 1.29 is 13.2 Å². The molecule has 2 atom stereocenters. The average Bonchev–Trinajstić information content (AvgIpc) is 2.53. The van der Waals surface area contributed by atoms with Gasteiger partial charge in [0.05, 0.1) is 17.0 Å². The van der Waals surface area contributed by atoms with E-state index in [0.29, 0.717) is 19.3 Å². The van der Waals surface area contributed by atoms with Crippen LogP contribution in [0.15, 0.2) is 0 Å². The molecule has 0 aromatic heterocycles. The third kappa shape index (κ3) is 3.17.